The Hall–Kier alpha value is -2.89. The van der Waals surface area contributed by atoms with Crippen LogP contribution in [0.4, 0.5) is 4.39 Å². The van der Waals surface area contributed by atoms with Crippen LogP contribution in [0.3, 0.4) is 0 Å². The molecule has 23 heavy (non-hydrogen) atoms. The Morgan fingerprint density at radius 1 is 1.26 bits per heavy atom. The van der Waals surface area contributed by atoms with Crippen LogP contribution in [0.15, 0.2) is 41.4 Å². The summed E-state index contributed by atoms with van der Waals surface area (Å²) in [6, 6.07) is 0. The largest absolute Gasteiger partial charge is 0.478 e. The molecule has 0 unspecified atom stereocenters. The molecule has 0 spiro atoms. The molecule has 5 nitrogen and oxygen atoms in total. The van der Waals surface area contributed by atoms with Gasteiger partial charge in [0.25, 0.3) is 5.91 Å². The third-order valence-electron chi connectivity index (χ3n) is 3.61. The van der Waals surface area contributed by atoms with Crippen molar-refractivity contribution in [2.45, 2.75) is 20.8 Å². The lowest BCUT2D eigenvalue weighted by atomic mass is 10.0. The van der Waals surface area contributed by atoms with Crippen molar-refractivity contribution in [3.63, 3.8) is 0 Å². The predicted octanol–water partition coefficient (Wildman–Crippen LogP) is 3.16. The molecule has 0 fully saturated rings. The molecule has 0 saturated heterocycles. The van der Waals surface area contributed by atoms with Crippen LogP contribution in [0.2, 0.25) is 0 Å². The van der Waals surface area contributed by atoms with E-state index in [0.29, 0.717) is 34.6 Å². The van der Waals surface area contributed by atoms with Crippen molar-refractivity contribution in [2.24, 2.45) is 0 Å². The Morgan fingerprint density at radius 2 is 1.96 bits per heavy atom. The number of aromatic amines is 1. The number of H-pyrrole nitrogens is 1. The van der Waals surface area contributed by atoms with Crippen LogP contribution < -0.4 is 5.32 Å². The summed E-state index contributed by atoms with van der Waals surface area (Å²) in [5.41, 5.74) is 2.90. The molecule has 1 aliphatic rings. The number of aromatic carboxylic acids is 1. The first-order valence-electron chi connectivity index (χ1n) is 7.00. The van der Waals surface area contributed by atoms with Gasteiger partial charge in [-0.05, 0) is 44.6 Å². The fourth-order valence-electron chi connectivity index (χ4n) is 2.59. The van der Waals surface area contributed by atoms with Crippen molar-refractivity contribution in [3.05, 3.63) is 63.9 Å². The second-order valence-corrected chi connectivity index (χ2v) is 5.10. The van der Waals surface area contributed by atoms with Crippen LogP contribution in [-0.2, 0) is 4.79 Å². The maximum Gasteiger partial charge on any atom is 0.337 e. The third kappa shape index (κ3) is 3.01. The fraction of sp³-hybridized carbons (Fsp3) is 0.176. The monoisotopic (exact) mass is 316 g/mol. The van der Waals surface area contributed by atoms with E-state index in [1.54, 1.807) is 32.9 Å². The van der Waals surface area contributed by atoms with Crippen molar-refractivity contribution in [1.82, 2.24) is 10.3 Å². The molecule has 0 radical (unpaired) electrons. The van der Waals surface area contributed by atoms with Gasteiger partial charge in [-0.2, -0.15) is 0 Å². The first-order chi connectivity index (χ1) is 10.9. The Balaban J connectivity index is 2.60. The van der Waals surface area contributed by atoms with E-state index in [2.05, 4.69) is 10.3 Å². The molecule has 0 saturated carbocycles. The number of carboxylic acids is 1. The van der Waals surface area contributed by atoms with Gasteiger partial charge in [0, 0.05) is 22.7 Å². The Morgan fingerprint density at radius 3 is 2.48 bits per heavy atom. The standard InChI is InChI=1S/C17H17FN2O3/c1-4-5-13-11(6-7-18)12(16(21)20-13)8-14-9(2)15(17(22)23)10(3)19-14/h4-8,19H,1-3H3,(H,20,21)(H,22,23)/b5-4-,7-6+,12-8-. The number of carboxylic acid groups (broad SMARTS) is 1. The van der Waals surface area contributed by atoms with Crippen LogP contribution in [0.25, 0.3) is 6.08 Å². The predicted molar refractivity (Wildman–Crippen MR) is 85.4 cm³/mol. The van der Waals surface area contributed by atoms with Crippen molar-refractivity contribution in [1.29, 1.82) is 0 Å². The summed E-state index contributed by atoms with van der Waals surface area (Å²) in [6.45, 7) is 5.10. The van der Waals surface area contributed by atoms with Gasteiger partial charge >= 0.3 is 5.97 Å². The number of allylic oxidation sites excluding steroid dienone is 3. The molecule has 3 N–H and O–H groups in total. The van der Waals surface area contributed by atoms with Gasteiger partial charge < -0.3 is 15.4 Å². The van der Waals surface area contributed by atoms with Gasteiger partial charge in [0.1, 0.15) is 0 Å². The lowest BCUT2D eigenvalue weighted by Crippen LogP contribution is -2.15. The van der Waals surface area contributed by atoms with Crippen LogP contribution in [0, 0.1) is 13.8 Å². The summed E-state index contributed by atoms with van der Waals surface area (Å²) < 4.78 is 12.7. The minimum atomic E-state index is -1.04. The van der Waals surface area contributed by atoms with Crippen molar-refractivity contribution < 1.29 is 19.1 Å². The lowest BCUT2D eigenvalue weighted by molar-refractivity contribution is -0.115. The molecule has 6 heteroatoms. The summed E-state index contributed by atoms with van der Waals surface area (Å²) >= 11 is 0. The first kappa shape index (κ1) is 16.5. The van der Waals surface area contributed by atoms with E-state index in [-0.39, 0.29) is 17.0 Å². The number of amides is 1. The van der Waals surface area contributed by atoms with Gasteiger partial charge in [0.15, 0.2) is 0 Å². The molecule has 120 valence electrons. The summed E-state index contributed by atoms with van der Waals surface area (Å²) in [7, 11) is 0. The highest BCUT2D eigenvalue weighted by Gasteiger charge is 2.25. The summed E-state index contributed by atoms with van der Waals surface area (Å²) in [5.74, 6) is -1.40. The molecule has 1 aliphatic heterocycles. The second kappa shape index (κ2) is 6.48. The zero-order valence-electron chi connectivity index (χ0n) is 13.0. The number of carbonyl (C=O) groups is 2. The molecule has 2 rings (SSSR count). The highest BCUT2D eigenvalue weighted by atomic mass is 19.1. The highest BCUT2D eigenvalue weighted by Crippen LogP contribution is 2.28. The molecule has 1 aromatic heterocycles. The quantitative estimate of drug-likeness (QED) is 0.746. The average molecular weight is 316 g/mol. The van der Waals surface area contributed by atoms with Crippen LogP contribution in [0.5, 0.6) is 0 Å². The zero-order chi connectivity index (χ0) is 17.1. The number of nitrogens with one attached hydrogen (secondary N) is 2. The summed E-state index contributed by atoms with van der Waals surface area (Å²) in [4.78, 5) is 26.4. The number of hydrogen-bond acceptors (Lipinski definition) is 2. The SMILES string of the molecule is C/C=C\C1=C(/C=C/F)C(=C/c2[nH]c(C)c(C(=O)O)c2C)/C(=O)N1. The number of halogens is 1. The van der Waals surface area contributed by atoms with Crippen molar-refractivity contribution in [2.75, 3.05) is 0 Å². The maximum absolute atomic E-state index is 12.7. The van der Waals surface area contributed by atoms with Gasteiger partial charge in [0.2, 0.25) is 0 Å². The van der Waals surface area contributed by atoms with Crippen molar-refractivity contribution >= 4 is 18.0 Å². The zero-order valence-corrected chi connectivity index (χ0v) is 13.0. The van der Waals surface area contributed by atoms with E-state index < -0.39 is 5.97 Å². The fourth-order valence-corrected chi connectivity index (χ4v) is 2.59. The van der Waals surface area contributed by atoms with Crippen molar-refractivity contribution in [3.8, 4) is 0 Å². The minimum absolute atomic E-state index is 0.176. The molecule has 1 aromatic rings. The maximum atomic E-state index is 12.7. The molecule has 0 bridgehead atoms. The first-order valence-corrected chi connectivity index (χ1v) is 7.00. The molecule has 1 amide bonds. The Bertz CT molecular complexity index is 795. The topological polar surface area (TPSA) is 82.2 Å². The van der Waals surface area contributed by atoms with Gasteiger partial charge in [-0.15, -0.1) is 0 Å². The number of aryl methyl sites for hydroxylation is 1. The van der Waals surface area contributed by atoms with E-state index in [0.717, 1.165) is 0 Å². The molecular weight excluding hydrogens is 299 g/mol. The molecule has 2 heterocycles. The summed E-state index contributed by atoms with van der Waals surface area (Å²) in [6.07, 6.45) is 6.50. The third-order valence-corrected chi connectivity index (χ3v) is 3.61. The normalized spacial score (nSPS) is 17.0. The number of carbonyl (C=O) groups excluding carboxylic acids is 1. The molecular formula is C17H17FN2O3. The molecule has 0 aromatic carbocycles. The van der Waals surface area contributed by atoms with E-state index in [4.69, 9.17) is 0 Å². The van der Waals surface area contributed by atoms with Crippen LogP contribution >= 0.6 is 0 Å². The average Bonchev–Trinajstić information content (AvgIpc) is 2.91. The minimum Gasteiger partial charge on any atom is -0.478 e. The Labute approximate surface area is 132 Å². The van der Waals surface area contributed by atoms with E-state index in [9.17, 15) is 19.1 Å². The van der Waals surface area contributed by atoms with Gasteiger partial charge in [-0.3, -0.25) is 4.79 Å². The molecule has 0 atom stereocenters. The lowest BCUT2D eigenvalue weighted by Gasteiger charge is -1.99. The Kier molecular flexibility index (Phi) is 4.64. The number of aromatic nitrogens is 1. The van der Waals surface area contributed by atoms with Gasteiger partial charge in [-0.1, -0.05) is 6.08 Å². The van der Waals surface area contributed by atoms with Gasteiger partial charge in [0.05, 0.1) is 17.5 Å². The number of hydrogen-bond donors (Lipinski definition) is 3. The van der Waals surface area contributed by atoms with Crippen LogP contribution in [-0.4, -0.2) is 22.0 Å². The van der Waals surface area contributed by atoms with Gasteiger partial charge in [-0.25, -0.2) is 9.18 Å². The van der Waals surface area contributed by atoms with Crippen LogP contribution in [0.1, 0.15) is 34.2 Å². The second-order valence-electron chi connectivity index (χ2n) is 5.10. The summed E-state index contributed by atoms with van der Waals surface area (Å²) in [5, 5.41) is 11.9. The van der Waals surface area contributed by atoms with E-state index in [1.165, 1.54) is 12.2 Å². The van der Waals surface area contributed by atoms with E-state index in [1.807, 2.05) is 0 Å². The smallest absolute Gasteiger partial charge is 0.337 e. The number of rotatable bonds is 4. The molecule has 0 aliphatic carbocycles. The highest BCUT2D eigenvalue weighted by molar-refractivity contribution is 6.08. The van der Waals surface area contributed by atoms with E-state index >= 15 is 0 Å².